The molecule has 0 radical (unpaired) electrons. The molecule has 168 valence electrons. The van der Waals surface area contributed by atoms with Crippen LogP contribution in [-0.4, -0.2) is 18.1 Å². The van der Waals surface area contributed by atoms with Gasteiger partial charge >= 0.3 is 0 Å². The lowest BCUT2D eigenvalue weighted by Gasteiger charge is -2.13. The zero-order valence-corrected chi connectivity index (χ0v) is 20.3. The number of ether oxygens (including phenoxy) is 1. The van der Waals surface area contributed by atoms with E-state index in [0.717, 1.165) is 18.4 Å². The lowest BCUT2D eigenvalue weighted by Crippen LogP contribution is -2.13. The van der Waals surface area contributed by atoms with Crippen LogP contribution < -0.4 is 5.73 Å². The van der Waals surface area contributed by atoms with Gasteiger partial charge in [0.25, 0.3) is 0 Å². The number of ketones is 1. The van der Waals surface area contributed by atoms with Gasteiger partial charge in [-0.2, -0.15) is 0 Å². The molecule has 0 unspecified atom stereocenters. The van der Waals surface area contributed by atoms with E-state index in [-0.39, 0.29) is 5.78 Å². The molecule has 0 atom stereocenters. The minimum atomic E-state index is 0.260. The topological polar surface area (TPSA) is 76.2 Å². The first-order chi connectivity index (χ1) is 14.3. The van der Waals surface area contributed by atoms with Gasteiger partial charge in [-0.3, -0.25) is 5.41 Å². The third-order valence-corrected chi connectivity index (χ3v) is 3.87. The Kier molecular flexibility index (Phi) is 18.2. The number of aryl methyl sites for hydroxylation is 2. The Morgan fingerprint density at radius 3 is 2.10 bits per heavy atom. The smallest absolute Gasteiger partial charge is 0.163 e. The van der Waals surface area contributed by atoms with Gasteiger partial charge in [0.05, 0.1) is 6.61 Å². The second-order valence-electron chi connectivity index (χ2n) is 6.67. The molecule has 1 aromatic rings. The van der Waals surface area contributed by atoms with Gasteiger partial charge in [0.15, 0.2) is 5.76 Å². The number of carbonyl (C=O) groups excluding carboxylic acids is 1. The maximum absolute atomic E-state index is 10.7. The second-order valence-corrected chi connectivity index (χ2v) is 6.67. The highest BCUT2D eigenvalue weighted by Crippen LogP contribution is 2.12. The van der Waals surface area contributed by atoms with Crippen molar-refractivity contribution in [3.63, 3.8) is 0 Å². The average Bonchev–Trinajstić information content (AvgIpc) is 2.73. The minimum absolute atomic E-state index is 0.260. The summed E-state index contributed by atoms with van der Waals surface area (Å²) in [6.45, 7) is 15.9. The molecular formula is C26H42N2O2. The van der Waals surface area contributed by atoms with Gasteiger partial charge in [-0.05, 0) is 58.6 Å². The number of nitrogens with one attached hydrogen (secondary N) is 1. The van der Waals surface area contributed by atoms with E-state index in [4.69, 9.17) is 15.9 Å². The van der Waals surface area contributed by atoms with Crippen LogP contribution >= 0.6 is 0 Å². The molecule has 3 N–H and O–H groups in total. The van der Waals surface area contributed by atoms with Crippen molar-refractivity contribution in [2.45, 2.75) is 74.7 Å². The number of allylic oxidation sites excluding steroid dienone is 5. The first kappa shape index (κ1) is 29.6. The number of carbonyl (C=O) groups is 1. The van der Waals surface area contributed by atoms with Gasteiger partial charge in [-0.15, -0.1) is 0 Å². The van der Waals surface area contributed by atoms with Crippen LogP contribution in [0.3, 0.4) is 0 Å². The van der Waals surface area contributed by atoms with Gasteiger partial charge in [0.2, 0.25) is 0 Å². The summed E-state index contributed by atoms with van der Waals surface area (Å²) in [7, 11) is 0. The fourth-order valence-electron chi connectivity index (χ4n) is 2.30. The quantitative estimate of drug-likeness (QED) is 0.268. The number of hydrogen-bond donors (Lipinski definition) is 2. The maximum Gasteiger partial charge on any atom is 0.163 e. The van der Waals surface area contributed by atoms with E-state index in [1.54, 1.807) is 13.8 Å². The predicted molar refractivity (Wildman–Crippen MR) is 131 cm³/mol. The summed E-state index contributed by atoms with van der Waals surface area (Å²) in [5, 5.41) is 8.03. The van der Waals surface area contributed by atoms with Crippen LogP contribution in [-0.2, 0) is 16.0 Å². The van der Waals surface area contributed by atoms with Crippen LogP contribution in [0, 0.1) is 12.3 Å². The summed E-state index contributed by atoms with van der Waals surface area (Å²) in [6, 6.07) is 8.32. The van der Waals surface area contributed by atoms with Crippen LogP contribution in [0.25, 0.3) is 0 Å². The van der Waals surface area contributed by atoms with Crippen molar-refractivity contribution in [3.8, 4) is 0 Å². The first-order valence-electron chi connectivity index (χ1n) is 10.8. The minimum Gasteiger partial charge on any atom is -0.490 e. The molecule has 0 aliphatic heterocycles. The number of Topliss-reactive ketones (excluding diaryl/α,β-unsaturated/α-hetero) is 1. The lowest BCUT2D eigenvalue weighted by atomic mass is 10.1. The van der Waals surface area contributed by atoms with Crippen molar-refractivity contribution in [1.29, 1.82) is 5.41 Å². The van der Waals surface area contributed by atoms with E-state index in [1.165, 1.54) is 11.1 Å². The normalized spacial score (nSPS) is 11.5. The maximum atomic E-state index is 10.7. The molecule has 4 nitrogen and oxygen atoms in total. The third kappa shape index (κ3) is 13.5. The van der Waals surface area contributed by atoms with E-state index in [1.807, 2.05) is 52.8 Å². The van der Waals surface area contributed by atoms with E-state index in [2.05, 4.69) is 31.2 Å². The van der Waals surface area contributed by atoms with Crippen LogP contribution in [0.15, 0.2) is 59.5 Å². The summed E-state index contributed by atoms with van der Waals surface area (Å²) >= 11 is 0. The largest absolute Gasteiger partial charge is 0.490 e. The Labute approximate surface area is 184 Å². The van der Waals surface area contributed by atoms with Crippen LogP contribution in [0.4, 0.5) is 0 Å². The van der Waals surface area contributed by atoms with E-state index in [9.17, 15) is 4.79 Å². The number of nitrogens with two attached hydrogens (primary N) is 1. The van der Waals surface area contributed by atoms with Crippen LogP contribution in [0.1, 0.15) is 72.4 Å². The highest BCUT2D eigenvalue weighted by Gasteiger charge is 2.11. The fourth-order valence-corrected chi connectivity index (χ4v) is 2.30. The molecule has 0 aliphatic carbocycles. The lowest BCUT2D eigenvalue weighted by molar-refractivity contribution is -0.116. The Balaban J connectivity index is 0. The van der Waals surface area contributed by atoms with Gasteiger partial charge in [-0.25, -0.2) is 0 Å². The van der Waals surface area contributed by atoms with Gasteiger partial charge in [0, 0.05) is 12.1 Å². The molecule has 1 rings (SSSR count). The zero-order chi connectivity index (χ0) is 23.5. The molecular weight excluding hydrogens is 372 g/mol. The molecule has 0 fully saturated rings. The van der Waals surface area contributed by atoms with E-state index >= 15 is 0 Å². The van der Waals surface area contributed by atoms with Crippen LogP contribution in [0.5, 0.6) is 0 Å². The Morgan fingerprint density at radius 2 is 1.70 bits per heavy atom. The molecule has 0 aliphatic rings. The number of benzene rings is 1. The van der Waals surface area contributed by atoms with Gasteiger partial charge < -0.3 is 15.3 Å². The van der Waals surface area contributed by atoms with Crippen molar-refractivity contribution < 1.29 is 9.53 Å². The Hall–Kier alpha value is -2.62. The summed E-state index contributed by atoms with van der Waals surface area (Å²) in [5.41, 5.74) is 9.94. The molecule has 0 saturated heterocycles. The monoisotopic (exact) mass is 414 g/mol. The highest BCUT2D eigenvalue weighted by atomic mass is 16.5. The Morgan fingerprint density at radius 1 is 1.13 bits per heavy atom. The molecule has 1 aromatic carbocycles. The molecule has 0 heterocycles. The van der Waals surface area contributed by atoms with Crippen LogP contribution in [0.2, 0.25) is 0 Å². The highest BCUT2D eigenvalue weighted by molar-refractivity contribution is 6.11. The Bertz CT molecular complexity index is 707. The third-order valence-electron chi connectivity index (χ3n) is 3.87. The molecule has 0 saturated carbocycles. The summed E-state index contributed by atoms with van der Waals surface area (Å²) in [5.74, 6) is 0.739. The van der Waals surface area contributed by atoms with Crippen molar-refractivity contribution in [2.24, 2.45) is 5.73 Å². The first-order valence-corrected chi connectivity index (χ1v) is 10.8. The SMILES string of the molecule is C/C=C\C(=C/C)C(=N)/C(OCCC)=C(/C)N.CC.CC(=O)CCc1ccc(C)cc1. The van der Waals surface area contributed by atoms with Crippen molar-refractivity contribution in [2.75, 3.05) is 6.61 Å². The molecule has 0 amide bonds. The standard InChI is InChI=1S/C13H22N2O.C11H14O.C2H6/c1-5-8-11(7-3)12(15)13(10(4)14)16-9-6-2;1-9-3-6-11(7-4-9)8-5-10(2)12;1-2/h5,7-8,15H,6,9,14H2,1-4H3;3-4,6-7H,5,8H2,1-2H3;1-2H3/b8-5-,11-7+,13-10+,15-12?;;. The molecule has 4 heteroatoms. The van der Waals surface area contributed by atoms with Crippen molar-refractivity contribution in [3.05, 3.63) is 70.6 Å². The van der Waals surface area contributed by atoms with Gasteiger partial charge in [0.1, 0.15) is 11.5 Å². The van der Waals surface area contributed by atoms with E-state index in [0.29, 0.717) is 30.2 Å². The molecule has 30 heavy (non-hydrogen) atoms. The van der Waals surface area contributed by atoms with E-state index < -0.39 is 0 Å². The zero-order valence-electron chi connectivity index (χ0n) is 20.3. The average molecular weight is 415 g/mol. The summed E-state index contributed by atoms with van der Waals surface area (Å²) in [6.07, 6.45) is 8.08. The molecule has 0 bridgehead atoms. The summed E-state index contributed by atoms with van der Waals surface area (Å²) < 4.78 is 5.50. The molecule has 0 spiro atoms. The van der Waals surface area contributed by atoms with Crippen molar-refractivity contribution >= 4 is 11.5 Å². The van der Waals surface area contributed by atoms with Gasteiger partial charge in [-0.1, -0.05) is 68.8 Å². The summed E-state index contributed by atoms with van der Waals surface area (Å²) in [4.78, 5) is 10.7. The fraction of sp³-hybridized carbons (Fsp3) is 0.462. The predicted octanol–water partition coefficient (Wildman–Crippen LogP) is 6.69. The molecule has 0 aromatic heterocycles. The number of hydrogen-bond acceptors (Lipinski definition) is 4. The number of rotatable bonds is 9. The second kappa shape index (κ2) is 18.4. The van der Waals surface area contributed by atoms with Crippen molar-refractivity contribution in [1.82, 2.24) is 0 Å².